The molecule has 3 rings (SSSR count). The van der Waals surface area contributed by atoms with Gasteiger partial charge in [-0.2, -0.15) is 0 Å². The second kappa shape index (κ2) is 7.55. The fraction of sp³-hybridized carbons (Fsp3) is 0.312. The maximum Gasteiger partial charge on any atom is 0.244 e. The Kier molecular flexibility index (Phi) is 5.00. The number of anilines is 1. The minimum atomic E-state index is -0.221. The van der Waals surface area contributed by atoms with Crippen molar-refractivity contribution in [2.24, 2.45) is 0 Å². The highest BCUT2D eigenvalue weighted by atomic mass is 16.5. The van der Waals surface area contributed by atoms with Crippen molar-refractivity contribution >= 4 is 17.8 Å². The number of ether oxygens (including phenoxy) is 1. The molecule has 0 atom stereocenters. The summed E-state index contributed by atoms with van der Waals surface area (Å²) >= 11 is 0. The fourth-order valence-corrected chi connectivity index (χ4v) is 2.21. The molecule has 2 aromatic heterocycles. The molecule has 0 saturated carbocycles. The number of aromatic nitrogens is 2. The highest BCUT2D eigenvalue weighted by molar-refractivity contribution is 5.91. The van der Waals surface area contributed by atoms with Gasteiger partial charge in [0.15, 0.2) is 0 Å². The molecule has 2 aromatic rings. The number of hydrogen-bond donors (Lipinski definition) is 1. The van der Waals surface area contributed by atoms with E-state index < -0.39 is 0 Å². The molecular weight excluding hydrogens is 296 g/mol. The summed E-state index contributed by atoms with van der Waals surface area (Å²) < 4.78 is 10.5. The molecule has 7 heteroatoms. The first-order valence-electron chi connectivity index (χ1n) is 7.45. The van der Waals surface area contributed by atoms with Crippen molar-refractivity contribution < 1.29 is 13.9 Å². The van der Waals surface area contributed by atoms with E-state index in [-0.39, 0.29) is 12.5 Å². The van der Waals surface area contributed by atoms with Gasteiger partial charge in [0, 0.05) is 25.4 Å². The number of nitrogens with zero attached hydrogens (tertiary/aromatic N) is 3. The molecule has 1 N–H and O–H groups in total. The Balaban J connectivity index is 1.54. The van der Waals surface area contributed by atoms with Gasteiger partial charge in [0.25, 0.3) is 0 Å². The number of furan rings is 1. The van der Waals surface area contributed by atoms with Crippen molar-refractivity contribution in [1.29, 1.82) is 0 Å². The van der Waals surface area contributed by atoms with Crippen molar-refractivity contribution in [3.63, 3.8) is 0 Å². The van der Waals surface area contributed by atoms with Crippen LogP contribution in [0, 0.1) is 0 Å². The van der Waals surface area contributed by atoms with Crippen LogP contribution in [0.2, 0.25) is 0 Å². The van der Waals surface area contributed by atoms with Gasteiger partial charge in [-0.25, -0.2) is 9.97 Å². The van der Waals surface area contributed by atoms with Crippen molar-refractivity contribution in [2.45, 2.75) is 6.54 Å². The molecule has 1 amide bonds. The van der Waals surface area contributed by atoms with Crippen molar-refractivity contribution in [3.05, 3.63) is 48.3 Å². The van der Waals surface area contributed by atoms with E-state index in [1.54, 1.807) is 30.7 Å². The van der Waals surface area contributed by atoms with Crippen molar-refractivity contribution in [2.75, 3.05) is 31.2 Å². The highest BCUT2D eigenvalue weighted by Crippen LogP contribution is 2.11. The second-order valence-corrected chi connectivity index (χ2v) is 5.00. The summed E-state index contributed by atoms with van der Waals surface area (Å²) in [6, 6.07) is 5.41. The molecule has 0 spiro atoms. The van der Waals surface area contributed by atoms with E-state index in [9.17, 15) is 4.79 Å². The first-order chi connectivity index (χ1) is 11.3. The SMILES string of the molecule is O=C(C=Cc1ccco1)NCc1nccc(N2CCOCC2)n1. The molecule has 1 aliphatic rings. The van der Waals surface area contributed by atoms with E-state index >= 15 is 0 Å². The zero-order valence-corrected chi connectivity index (χ0v) is 12.6. The number of carbonyl (C=O) groups excluding carboxylic acids is 1. The largest absolute Gasteiger partial charge is 0.465 e. The maximum absolute atomic E-state index is 11.8. The Morgan fingerprint density at radius 3 is 3.00 bits per heavy atom. The topological polar surface area (TPSA) is 80.5 Å². The van der Waals surface area contributed by atoms with Gasteiger partial charge in [-0.15, -0.1) is 0 Å². The first-order valence-corrected chi connectivity index (χ1v) is 7.45. The minimum Gasteiger partial charge on any atom is -0.465 e. The molecule has 0 radical (unpaired) electrons. The number of nitrogens with one attached hydrogen (secondary N) is 1. The van der Waals surface area contributed by atoms with E-state index in [0.717, 1.165) is 18.9 Å². The molecule has 23 heavy (non-hydrogen) atoms. The maximum atomic E-state index is 11.8. The molecule has 0 unspecified atom stereocenters. The van der Waals surface area contributed by atoms with E-state index in [1.165, 1.54) is 6.08 Å². The lowest BCUT2D eigenvalue weighted by molar-refractivity contribution is -0.116. The number of hydrogen-bond acceptors (Lipinski definition) is 6. The average Bonchev–Trinajstić information content (AvgIpc) is 3.13. The molecular formula is C16H18N4O3. The van der Waals surface area contributed by atoms with Gasteiger partial charge >= 0.3 is 0 Å². The van der Waals surface area contributed by atoms with E-state index in [1.807, 2.05) is 6.07 Å². The van der Waals surface area contributed by atoms with Gasteiger partial charge in [-0.3, -0.25) is 4.79 Å². The summed E-state index contributed by atoms with van der Waals surface area (Å²) in [5, 5.41) is 2.76. The van der Waals surface area contributed by atoms with Crippen LogP contribution < -0.4 is 10.2 Å². The van der Waals surface area contributed by atoms with Crippen LogP contribution in [0.15, 0.2) is 41.2 Å². The Morgan fingerprint density at radius 1 is 1.35 bits per heavy atom. The van der Waals surface area contributed by atoms with Crippen LogP contribution in [-0.4, -0.2) is 42.2 Å². The molecule has 1 fully saturated rings. The van der Waals surface area contributed by atoms with Crippen molar-refractivity contribution in [1.82, 2.24) is 15.3 Å². The van der Waals surface area contributed by atoms with Crippen LogP contribution in [0.3, 0.4) is 0 Å². The van der Waals surface area contributed by atoms with Gasteiger partial charge in [0.2, 0.25) is 5.91 Å². The highest BCUT2D eigenvalue weighted by Gasteiger charge is 2.13. The standard InChI is InChI=1S/C16H18N4O3/c21-16(4-3-13-2-1-9-23-13)18-12-14-17-6-5-15(19-14)20-7-10-22-11-8-20/h1-6,9H,7-8,10-12H2,(H,18,21). The molecule has 1 aliphatic heterocycles. The quantitative estimate of drug-likeness (QED) is 0.836. The molecule has 0 bridgehead atoms. The zero-order valence-electron chi connectivity index (χ0n) is 12.6. The van der Waals surface area contributed by atoms with Crippen LogP contribution in [0.5, 0.6) is 0 Å². The number of rotatable bonds is 5. The lowest BCUT2D eigenvalue weighted by atomic mass is 10.3. The predicted molar refractivity (Wildman–Crippen MR) is 84.7 cm³/mol. The monoisotopic (exact) mass is 314 g/mol. The summed E-state index contributed by atoms with van der Waals surface area (Å²) in [7, 11) is 0. The molecule has 3 heterocycles. The van der Waals surface area contributed by atoms with Gasteiger partial charge in [-0.05, 0) is 24.3 Å². The average molecular weight is 314 g/mol. The van der Waals surface area contributed by atoms with Crippen LogP contribution in [0.25, 0.3) is 6.08 Å². The summed E-state index contributed by atoms with van der Waals surface area (Å²) in [6.45, 7) is 3.31. The van der Waals surface area contributed by atoms with Crippen LogP contribution >= 0.6 is 0 Å². The number of carbonyl (C=O) groups is 1. The first kappa shape index (κ1) is 15.2. The van der Waals surface area contributed by atoms with Gasteiger partial charge in [0.05, 0.1) is 26.0 Å². The Hall–Kier alpha value is -2.67. The second-order valence-electron chi connectivity index (χ2n) is 5.00. The van der Waals surface area contributed by atoms with E-state index in [0.29, 0.717) is 24.8 Å². The van der Waals surface area contributed by atoms with E-state index in [2.05, 4.69) is 20.2 Å². The number of amides is 1. The summed E-state index contributed by atoms with van der Waals surface area (Å²) in [5.41, 5.74) is 0. The third kappa shape index (κ3) is 4.40. The van der Waals surface area contributed by atoms with E-state index in [4.69, 9.17) is 9.15 Å². The normalized spacial score (nSPS) is 15.0. The lowest BCUT2D eigenvalue weighted by Crippen LogP contribution is -2.37. The van der Waals surface area contributed by atoms with Gasteiger partial charge in [-0.1, -0.05) is 0 Å². The smallest absolute Gasteiger partial charge is 0.244 e. The van der Waals surface area contributed by atoms with Crippen molar-refractivity contribution in [3.8, 4) is 0 Å². The molecule has 0 aromatic carbocycles. The molecule has 1 saturated heterocycles. The third-order valence-electron chi connectivity index (χ3n) is 3.39. The van der Waals surface area contributed by atoms with Gasteiger partial charge < -0.3 is 19.4 Å². The molecule has 0 aliphatic carbocycles. The van der Waals surface area contributed by atoms with Crippen LogP contribution in [0.1, 0.15) is 11.6 Å². The number of morpholine rings is 1. The van der Waals surface area contributed by atoms with Gasteiger partial charge in [0.1, 0.15) is 17.4 Å². The fourth-order valence-electron chi connectivity index (χ4n) is 2.21. The summed E-state index contributed by atoms with van der Waals surface area (Å²) in [6.07, 6.45) is 6.30. The predicted octanol–water partition coefficient (Wildman–Crippen LogP) is 1.24. The Labute approximate surface area is 134 Å². The van der Waals surface area contributed by atoms with Crippen LogP contribution in [0.4, 0.5) is 5.82 Å². The minimum absolute atomic E-state index is 0.221. The third-order valence-corrected chi connectivity index (χ3v) is 3.39. The van der Waals surface area contributed by atoms with Crippen LogP contribution in [-0.2, 0) is 16.1 Å². The summed E-state index contributed by atoms with van der Waals surface area (Å²) in [4.78, 5) is 22.6. The lowest BCUT2D eigenvalue weighted by Gasteiger charge is -2.27. The summed E-state index contributed by atoms with van der Waals surface area (Å²) in [5.74, 6) is 1.85. The molecule has 7 nitrogen and oxygen atoms in total. The Bertz CT molecular complexity index is 664. The Morgan fingerprint density at radius 2 is 2.22 bits per heavy atom. The molecule has 120 valence electrons. The zero-order chi connectivity index (χ0) is 15.9.